The molecule has 0 aliphatic carbocycles. The Morgan fingerprint density at radius 1 is 1.55 bits per heavy atom. The molecule has 0 aromatic heterocycles. The van der Waals surface area contributed by atoms with E-state index in [2.05, 4.69) is 5.32 Å². The molecule has 0 aliphatic rings. The number of allylic oxidation sites excluding steroid dienone is 1. The number of carbonyl (C=O) groups is 1. The molecule has 0 spiro atoms. The second-order valence-corrected chi connectivity index (χ2v) is 1.75. The second-order valence-electron chi connectivity index (χ2n) is 1.75. The third-order valence-corrected chi connectivity index (χ3v) is 0.836. The van der Waals surface area contributed by atoms with Gasteiger partial charge in [-0.05, 0) is 6.92 Å². The van der Waals surface area contributed by atoms with Crippen LogP contribution in [0.5, 0.6) is 0 Å². The lowest BCUT2D eigenvalue weighted by molar-refractivity contribution is -0.165. The number of hydrogen-bond acceptors (Lipinski definition) is 2. The Bertz CT molecular complexity index is 162. The van der Waals surface area contributed by atoms with E-state index in [0.717, 1.165) is 6.20 Å². The topological polar surface area (TPSA) is 29.1 Å². The molecule has 0 rings (SSSR count). The summed E-state index contributed by atoms with van der Waals surface area (Å²) in [5.74, 6) is -1.85. The lowest BCUT2D eigenvalue weighted by atomic mass is 10.4. The van der Waals surface area contributed by atoms with Gasteiger partial charge in [-0.2, -0.15) is 13.2 Å². The van der Waals surface area contributed by atoms with Crippen LogP contribution in [-0.4, -0.2) is 18.5 Å². The van der Waals surface area contributed by atoms with Crippen LogP contribution in [0.25, 0.3) is 0 Å². The summed E-state index contributed by atoms with van der Waals surface area (Å²) in [7, 11) is 0. The number of carbonyl (C=O) groups excluding carboxylic acids is 1. The molecule has 64 valence electrons. The van der Waals surface area contributed by atoms with Gasteiger partial charge in [0.1, 0.15) is 0 Å². The molecule has 5 heteroatoms. The quantitative estimate of drug-likeness (QED) is 0.641. The van der Waals surface area contributed by atoms with Crippen molar-refractivity contribution in [3.63, 3.8) is 0 Å². The molecule has 0 saturated carbocycles. The third-order valence-electron chi connectivity index (χ3n) is 0.836. The highest BCUT2D eigenvalue weighted by molar-refractivity contribution is 5.94. The normalized spacial score (nSPS) is 12.0. The molecule has 0 aliphatic heterocycles. The summed E-state index contributed by atoms with van der Waals surface area (Å²) in [4.78, 5) is 10.1. The maximum absolute atomic E-state index is 11.4. The molecule has 0 amide bonds. The van der Waals surface area contributed by atoms with Crippen molar-refractivity contribution in [2.45, 2.75) is 13.1 Å². The molecule has 0 atom stereocenters. The number of nitrogens with one attached hydrogen (secondary N) is 1. The molecule has 0 heterocycles. The molecule has 0 unspecified atom stereocenters. The van der Waals surface area contributed by atoms with Crippen LogP contribution in [0.2, 0.25) is 0 Å². The number of ketones is 1. The monoisotopic (exact) mass is 167 g/mol. The van der Waals surface area contributed by atoms with E-state index in [1.807, 2.05) is 0 Å². The Kier molecular flexibility index (Phi) is 3.64. The van der Waals surface area contributed by atoms with Gasteiger partial charge in [-0.3, -0.25) is 4.79 Å². The lowest BCUT2D eigenvalue weighted by Crippen LogP contribution is -2.20. The highest BCUT2D eigenvalue weighted by Gasteiger charge is 2.35. The van der Waals surface area contributed by atoms with Crippen LogP contribution >= 0.6 is 0 Å². The van der Waals surface area contributed by atoms with Gasteiger partial charge in [0.25, 0.3) is 5.78 Å². The predicted octanol–water partition coefficient (Wildman–Crippen LogP) is 1.24. The fourth-order valence-corrected chi connectivity index (χ4v) is 0.347. The van der Waals surface area contributed by atoms with E-state index in [0.29, 0.717) is 12.6 Å². The number of halogens is 3. The first kappa shape index (κ1) is 10.0. The van der Waals surface area contributed by atoms with E-state index in [9.17, 15) is 18.0 Å². The predicted molar refractivity (Wildman–Crippen MR) is 33.9 cm³/mol. The summed E-state index contributed by atoms with van der Waals surface area (Å²) in [6, 6.07) is 0. The van der Waals surface area contributed by atoms with Crippen molar-refractivity contribution >= 4 is 5.78 Å². The van der Waals surface area contributed by atoms with Gasteiger partial charge in [0.15, 0.2) is 0 Å². The van der Waals surface area contributed by atoms with Crippen LogP contribution in [0.1, 0.15) is 6.92 Å². The van der Waals surface area contributed by atoms with Gasteiger partial charge in [0.05, 0.1) is 0 Å². The third kappa shape index (κ3) is 4.41. The van der Waals surface area contributed by atoms with Crippen LogP contribution in [0.4, 0.5) is 13.2 Å². The van der Waals surface area contributed by atoms with Crippen LogP contribution in [0.3, 0.4) is 0 Å². The molecular weight excluding hydrogens is 159 g/mol. The Hall–Kier alpha value is -1.00. The molecule has 11 heavy (non-hydrogen) atoms. The standard InChI is InChI=1S/C6H8F3NO/c1-2-10-4-3-5(11)6(7,8)9/h3-4,10H,2H2,1H3/b4-3-. The van der Waals surface area contributed by atoms with Gasteiger partial charge >= 0.3 is 6.18 Å². The lowest BCUT2D eigenvalue weighted by Gasteiger charge is -1.99. The maximum Gasteiger partial charge on any atom is 0.454 e. The molecular formula is C6H8F3NO. The molecule has 0 saturated heterocycles. The molecule has 1 N–H and O–H groups in total. The largest absolute Gasteiger partial charge is 0.454 e. The van der Waals surface area contributed by atoms with E-state index in [4.69, 9.17) is 0 Å². The van der Waals surface area contributed by atoms with Crippen molar-refractivity contribution < 1.29 is 18.0 Å². The van der Waals surface area contributed by atoms with Gasteiger partial charge in [0.2, 0.25) is 0 Å². The summed E-state index contributed by atoms with van der Waals surface area (Å²) in [5.41, 5.74) is 0. The Morgan fingerprint density at radius 3 is 2.45 bits per heavy atom. The zero-order valence-corrected chi connectivity index (χ0v) is 5.90. The van der Waals surface area contributed by atoms with E-state index in [1.165, 1.54) is 0 Å². The Balaban J connectivity index is 3.88. The van der Waals surface area contributed by atoms with Crippen molar-refractivity contribution in [1.29, 1.82) is 0 Å². The molecule has 0 bridgehead atoms. The summed E-state index contributed by atoms with van der Waals surface area (Å²) < 4.78 is 34.3. The zero-order chi connectivity index (χ0) is 8.91. The smallest absolute Gasteiger partial charge is 0.391 e. The van der Waals surface area contributed by atoms with E-state index in [-0.39, 0.29) is 0 Å². The molecule has 0 aromatic rings. The minimum absolute atomic E-state index is 0.462. The number of hydrogen-bond donors (Lipinski definition) is 1. The molecule has 0 fully saturated rings. The summed E-state index contributed by atoms with van der Waals surface area (Å²) >= 11 is 0. The van der Waals surface area contributed by atoms with Crippen molar-refractivity contribution in [2.24, 2.45) is 0 Å². The van der Waals surface area contributed by atoms with Crippen molar-refractivity contribution in [3.05, 3.63) is 12.3 Å². The minimum atomic E-state index is -4.76. The molecule has 0 aromatic carbocycles. The van der Waals surface area contributed by atoms with E-state index in [1.54, 1.807) is 6.92 Å². The fraction of sp³-hybridized carbons (Fsp3) is 0.500. The molecule has 2 nitrogen and oxygen atoms in total. The van der Waals surface area contributed by atoms with Crippen LogP contribution in [0, 0.1) is 0 Å². The van der Waals surface area contributed by atoms with Gasteiger partial charge in [0, 0.05) is 18.8 Å². The van der Waals surface area contributed by atoms with E-state index < -0.39 is 12.0 Å². The van der Waals surface area contributed by atoms with Crippen LogP contribution < -0.4 is 5.32 Å². The minimum Gasteiger partial charge on any atom is -0.391 e. The highest BCUT2D eigenvalue weighted by atomic mass is 19.4. The van der Waals surface area contributed by atoms with E-state index >= 15 is 0 Å². The Labute approximate surface area is 62.1 Å². The average molecular weight is 167 g/mol. The summed E-state index contributed by atoms with van der Waals surface area (Å²) in [6.45, 7) is 2.20. The van der Waals surface area contributed by atoms with Gasteiger partial charge in [-0.15, -0.1) is 0 Å². The SMILES string of the molecule is CCN/C=C\C(=O)C(F)(F)F. The summed E-state index contributed by atoms with van der Waals surface area (Å²) in [5, 5.41) is 2.45. The van der Waals surface area contributed by atoms with Crippen molar-refractivity contribution in [3.8, 4) is 0 Å². The first-order chi connectivity index (χ1) is 4.98. The Morgan fingerprint density at radius 2 is 2.09 bits per heavy atom. The van der Waals surface area contributed by atoms with Gasteiger partial charge < -0.3 is 5.32 Å². The number of rotatable bonds is 3. The number of alkyl halides is 3. The first-order valence-electron chi connectivity index (χ1n) is 2.99. The fourth-order valence-electron chi connectivity index (χ4n) is 0.347. The first-order valence-corrected chi connectivity index (χ1v) is 2.99. The van der Waals surface area contributed by atoms with Crippen molar-refractivity contribution in [1.82, 2.24) is 5.32 Å². The second kappa shape index (κ2) is 4.00. The molecule has 0 radical (unpaired) electrons. The van der Waals surface area contributed by atoms with Gasteiger partial charge in [-0.25, -0.2) is 0 Å². The summed E-state index contributed by atoms with van der Waals surface area (Å²) in [6.07, 6.45) is -3.31. The average Bonchev–Trinajstić information content (AvgIpc) is 1.86. The van der Waals surface area contributed by atoms with Crippen LogP contribution in [-0.2, 0) is 4.79 Å². The maximum atomic E-state index is 11.4. The highest BCUT2D eigenvalue weighted by Crippen LogP contribution is 2.15. The van der Waals surface area contributed by atoms with Crippen molar-refractivity contribution in [2.75, 3.05) is 6.54 Å². The van der Waals surface area contributed by atoms with Crippen LogP contribution in [0.15, 0.2) is 12.3 Å². The van der Waals surface area contributed by atoms with Gasteiger partial charge in [-0.1, -0.05) is 0 Å². The zero-order valence-electron chi connectivity index (χ0n) is 5.90.